The SMILES string of the molecule is CN1C/C(Oc2ccncc2)=C\CCC/C=C\1C(=O)O. The molecule has 0 aliphatic carbocycles. The fourth-order valence-electron chi connectivity index (χ4n) is 2.04. The number of ether oxygens (including phenoxy) is 1. The molecule has 0 amide bonds. The number of rotatable bonds is 3. The quantitative estimate of drug-likeness (QED) is 0.917. The molecule has 106 valence electrons. The molecule has 1 aromatic rings. The lowest BCUT2D eigenvalue weighted by Gasteiger charge is -2.21. The second-order valence-corrected chi connectivity index (χ2v) is 4.64. The molecule has 1 aliphatic heterocycles. The molecule has 0 bridgehead atoms. The summed E-state index contributed by atoms with van der Waals surface area (Å²) >= 11 is 0. The summed E-state index contributed by atoms with van der Waals surface area (Å²) in [5.41, 5.74) is 0.316. The summed E-state index contributed by atoms with van der Waals surface area (Å²) in [7, 11) is 1.76. The van der Waals surface area contributed by atoms with Crippen LogP contribution >= 0.6 is 0 Å². The van der Waals surface area contributed by atoms with Crippen LogP contribution in [-0.4, -0.2) is 34.6 Å². The zero-order chi connectivity index (χ0) is 14.4. The van der Waals surface area contributed by atoms with Crippen LogP contribution in [0.2, 0.25) is 0 Å². The van der Waals surface area contributed by atoms with Crippen LogP contribution < -0.4 is 4.74 Å². The molecule has 20 heavy (non-hydrogen) atoms. The van der Waals surface area contributed by atoms with Gasteiger partial charge in [-0.05, 0) is 37.5 Å². The van der Waals surface area contributed by atoms with E-state index in [0.29, 0.717) is 18.0 Å². The lowest BCUT2D eigenvalue weighted by molar-refractivity contribution is -0.134. The Morgan fingerprint density at radius 1 is 1.30 bits per heavy atom. The maximum Gasteiger partial charge on any atom is 0.351 e. The van der Waals surface area contributed by atoms with E-state index in [-0.39, 0.29) is 0 Å². The van der Waals surface area contributed by atoms with Crippen LogP contribution in [0.25, 0.3) is 0 Å². The topological polar surface area (TPSA) is 62.7 Å². The molecule has 0 fully saturated rings. The van der Waals surface area contributed by atoms with E-state index < -0.39 is 5.97 Å². The lowest BCUT2D eigenvalue weighted by atomic mass is 10.2. The number of aliphatic carboxylic acids is 1. The molecule has 0 atom stereocenters. The van der Waals surface area contributed by atoms with Gasteiger partial charge in [0.05, 0.1) is 6.54 Å². The minimum Gasteiger partial charge on any atom is -0.477 e. The third-order valence-electron chi connectivity index (χ3n) is 3.04. The van der Waals surface area contributed by atoms with Crippen molar-refractivity contribution in [2.24, 2.45) is 0 Å². The summed E-state index contributed by atoms with van der Waals surface area (Å²) in [6.07, 6.45) is 9.66. The number of aromatic nitrogens is 1. The highest BCUT2D eigenvalue weighted by atomic mass is 16.5. The van der Waals surface area contributed by atoms with Gasteiger partial charge in [-0.2, -0.15) is 0 Å². The highest BCUT2D eigenvalue weighted by Gasteiger charge is 2.16. The first-order valence-electron chi connectivity index (χ1n) is 6.58. The molecule has 5 heteroatoms. The summed E-state index contributed by atoms with van der Waals surface area (Å²) in [4.78, 5) is 16.9. The smallest absolute Gasteiger partial charge is 0.351 e. The Morgan fingerprint density at radius 2 is 2.00 bits per heavy atom. The zero-order valence-corrected chi connectivity index (χ0v) is 11.5. The Morgan fingerprint density at radius 3 is 2.70 bits per heavy atom. The fourth-order valence-corrected chi connectivity index (χ4v) is 2.04. The number of carboxylic acids is 1. The Labute approximate surface area is 118 Å². The summed E-state index contributed by atoms with van der Waals surface area (Å²) in [6.45, 7) is 0.431. The molecule has 1 aliphatic rings. The number of pyridine rings is 1. The van der Waals surface area contributed by atoms with Gasteiger partial charge in [-0.15, -0.1) is 0 Å². The second kappa shape index (κ2) is 6.75. The summed E-state index contributed by atoms with van der Waals surface area (Å²) in [5, 5.41) is 9.21. The maximum atomic E-state index is 11.2. The van der Waals surface area contributed by atoms with E-state index in [1.165, 1.54) is 0 Å². The minimum atomic E-state index is -0.905. The Kier molecular flexibility index (Phi) is 4.76. The van der Waals surface area contributed by atoms with E-state index in [9.17, 15) is 9.90 Å². The van der Waals surface area contributed by atoms with E-state index in [2.05, 4.69) is 4.98 Å². The van der Waals surface area contributed by atoms with Crippen molar-refractivity contribution in [3.05, 3.63) is 48.1 Å². The average Bonchev–Trinajstić information content (AvgIpc) is 2.50. The van der Waals surface area contributed by atoms with Gasteiger partial charge in [-0.1, -0.05) is 6.08 Å². The monoisotopic (exact) mass is 274 g/mol. The van der Waals surface area contributed by atoms with E-state index in [0.717, 1.165) is 25.0 Å². The van der Waals surface area contributed by atoms with Crippen LogP contribution in [0.5, 0.6) is 5.75 Å². The highest BCUT2D eigenvalue weighted by Crippen LogP contribution is 2.17. The van der Waals surface area contributed by atoms with Crippen molar-refractivity contribution >= 4 is 5.97 Å². The molecule has 0 saturated heterocycles. The summed E-state index contributed by atoms with van der Waals surface area (Å²) < 4.78 is 5.80. The Bertz CT molecular complexity index is 523. The maximum absolute atomic E-state index is 11.2. The van der Waals surface area contributed by atoms with Crippen LogP contribution in [0, 0.1) is 0 Å². The Hall–Kier alpha value is -2.30. The van der Waals surface area contributed by atoms with Crippen molar-refractivity contribution in [2.45, 2.75) is 19.3 Å². The lowest BCUT2D eigenvalue weighted by Crippen LogP contribution is -2.26. The average molecular weight is 274 g/mol. The van der Waals surface area contributed by atoms with Gasteiger partial charge in [0.25, 0.3) is 0 Å². The summed E-state index contributed by atoms with van der Waals surface area (Å²) in [5.74, 6) is 0.560. The number of hydrogen-bond donors (Lipinski definition) is 1. The van der Waals surface area contributed by atoms with Crippen LogP contribution in [-0.2, 0) is 4.79 Å². The van der Waals surface area contributed by atoms with E-state index in [4.69, 9.17) is 4.74 Å². The van der Waals surface area contributed by atoms with E-state index in [1.807, 2.05) is 6.08 Å². The van der Waals surface area contributed by atoms with Crippen molar-refractivity contribution in [3.8, 4) is 5.75 Å². The van der Waals surface area contributed by atoms with Crippen LogP contribution in [0.3, 0.4) is 0 Å². The molecule has 0 unspecified atom stereocenters. The number of carboxylic acid groups (broad SMARTS) is 1. The van der Waals surface area contributed by atoms with Crippen molar-refractivity contribution in [2.75, 3.05) is 13.6 Å². The highest BCUT2D eigenvalue weighted by molar-refractivity contribution is 5.85. The van der Waals surface area contributed by atoms with Gasteiger partial charge in [-0.3, -0.25) is 4.98 Å². The van der Waals surface area contributed by atoms with Crippen molar-refractivity contribution in [3.63, 3.8) is 0 Å². The molecule has 5 nitrogen and oxygen atoms in total. The van der Waals surface area contributed by atoms with E-state index in [1.54, 1.807) is 42.6 Å². The third-order valence-corrected chi connectivity index (χ3v) is 3.04. The van der Waals surface area contributed by atoms with Gasteiger partial charge in [-0.25, -0.2) is 4.79 Å². The van der Waals surface area contributed by atoms with Gasteiger partial charge >= 0.3 is 5.97 Å². The second-order valence-electron chi connectivity index (χ2n) is 4.64. The molecule has 0 radical (unpaired) electrons. The van der Waals surface area contributed by atoms with Gasteiger partial charge in [0.15, 0.2) is 0 Å². The first-order chi connectivity index (χ1) is 9.66. The third kappa shape index (κ3) is 3.85. The minimum absolute atomic E-state index is 0.316. The molecular weight excluding hydrogens is 256 g/mol. The standard InChI is InChI=1S/C15H18N2O3/c1-17-11-13(20-12-7-9-16-10-8-12)5-3-2-4-6-14(17)15(18)19/h5-10H,2-4,11H2,1H3,(H,18,19)/b13-5+,14-6-. The number of hydrogen-bond acceptors (Lipinski definition) is 4. The molecule has 0 aromatic carbocycles. The first-order valence-corrected chi connectivity index (χ1v) is 6.58. The van der Waals surface area contributed by atoms with Crippen LogP contribution in [0.15, 0.2) is 48.1 Å². The van der Waals surface area contributed by atoms with Crippen molar-refractivity contribution in [1.82, 2.24) is 9.88 Å². The predicted octanol–water partition coefficient (Wildman–Crippen LogP) is 2.43. The number of nitrogens with zero attached hydrogens (tertiary/aromatic N) is 2. The van der Waals surface area contributed by atoms with Crippen LogP contribution in [0.4, 0.5) is 0 Å². The molecule has 0 spiro atoms. The number of allylic oxidation sites excluding steroid dienone is 2. The number of carbonyl (C=O) groups is 1. The number of likely N-dealkylation sites (N-methyl/N-ethyl adjacent to an activating group) is 1. The molecule has 2 rings (SSSR count). The molecule has 1 aromatic heterocycles. The van der Waals surface area contributed by atoms with Gasteiger partial charge in [0, 0.05) is 19.4 Å². The first kappa shape index (κ1) is 14.1. The van der Waals surface area contributed by atoms with Gasteiger partial charge < -0.3 is 14.7 Å². The zero-order valence-electron chi connectivity index (χ0n) is 11.5. The summed E-state index contributed by atoms with van der Waals surface area (Å²) in [6, 6.07) is 3.56. The predicted molar refractivity (Wildman–Crippen MR) is 75.1 cm³/mol. The largest absolute Gasteiger partial charge is 0.477 e. The van der Waals surface area contributed by atoms with Crippen LogP contribution in [0.1, 0.15) is 19.3 Å². The molecule has 1 N–H and O–H groups in total. The van der Waals surface area contributed by atoms with Crippen molar-refractivity contribution < 1.29 is 14.6 Å². The van der Waals surface area contributed by atoms with Crippen molar-refractivity contribution in [1.29, 1.82) is 0 Å². The molecule has 0 saturated carbocycles. The van der Waals surface area contributed by atoms with Gasteiger partial charge in [0.1, 0.15) is 17.2 Å². The normalized spacial score (nSPS) is 21.6. The Balaban J connectivity index is 2.13. The van der Waals surface area contributed by atoms with E-state index >= 15 is 0 Å². The van der Waals surface area contributed by atoms with Gasteiger partial charge in [0.2, 0.25) is 0 Å². The fraction of sp³-hybridized carbons (Fsp3) is 0.333. The molecular formula is C15H18N2O3. The molecule has 2 heterocycles.